The van der Waals surface area contributed by atoms with Crippen LogP contribution in [-0.4, -0.2) is 63.4 Å². The predicted octanol–water partition coefficient (Wildman–Crippen LogP) is 5.24. The summed E-state index contributed by atoms with van der Waals surface area (Å²) in [5.74, 6) is -1.20. The first-order valence-corrected chi connectivity index (χ1v) is 16.0. The number of carboxylic acid groups (broad SMARTS) is 1. The van der Waals surface area contributed by atoms with Crippen LogP contribution in [0.15, 0.2) is 97.1 Å². The van der Waals surface area contributed by atoms with Crippen LogP contribution in [0.5, 0.6) is 5.75 Å². The van der Waals surface area contributed by atoms with Gasteiger partial charge in [-0.25, -0.2) is 0 Å². The lowest BCUT2D eigenvalue weighted by molar-refractivity contribution is -0.252. The van der Waals surface area contributed by atoms with E-state index in [1.807, 2.05) is 84.7 Å². The minimum absolute atomic E-state index is 0.0385. The van der Waals surface area contributed by atoms with E-state index >= 15 is 0 Å². The second-order valence-corrected chi connectivity index (χ2v) is 12.2. The molecule has 252 valence electrons. The number of amides is 1. The Balaban J connectivity index is 1.28. The lowest BCUT2D eigenvalue weighted by atomic mass is 9.99. The summed E-state index contributed by atoms with van der Waals surface area (Å²) in [6, 6.07) is 30.1. The number of benzene rings is 4. The highest BCUT2D eigenvalue weighted by molar-refractivity contribution is 5.80. The van der Waals surface area contributed by atoms with Crippen molar-refractivity contribution < 1.29 is 39.5 Å². The number of hydrogen-bond acceptors (Lipinski definition) is 8. The van der Waals surface area contributed by atoms with Gasteiger partial charge in [0.05, 0.1) is 31.3 Å². The van der Waals surface area contributed by atoms with Gasteiger partial charge in [-0.05, 0) is 58.6 Å². The van der Waals surface area contributed by atoms with Crippen molar-refractivity contribution in [3.05, 3.63) is 125 Å². The van der Waals surface area contributed by atoms with E-state index < -0.39 is 18.4 Å². The molecule has 0 spiro atoms. The van der Waals surface area contributed by atoms with E-state index in [1.54, 1.807) is 24.3 Å². The summed E-state index contributed by atoms with van der Waals surface area (Å²) in [6.45, 7) is 1.15. The average molecular weight is 655 g/mol. The highest BCUT2D eigenvalue weighted by atomic mass is 16.7. The SMILES string of the molecule is CN(C[C@H]1C[C@@H](c2ccc(CO)cc2)O[C@@H](c2ccc(-c3cccc(CNC(=O)CCC(=O)O)c3)cc2)O1)C[C@@H](O)c1cccc(O)c1. The number of aliphatic carboxylic acids is 1. The van der Waals surface area contributed by atoms with Gasteiger partial charge in [-0.1, -0.05) is 78.9 Å². The number of phenols is 1. The van der Waals surface area contributed by atoms with Crippen molar-refractivity contribution in [3.8, 4) is 16.9 Å². The number of aromatic hydroxyl groups is 1. The Hall–Kier alpha value is -4.58. The summed E-state index contributed by atoms with van der Waals surface area (Å²) < 4.78 is 13.0. The molecule has 1 aliphatic rings. The van der Waals surface area contributed by atoms with Gasteiger partial charge in [0.15, 0.2) is 6.29 Å². The van der Waals surface area contributed by atoms with Gasteiger partial charge in [0.2, 0.25) is 5.91 Å². The zero-order valence-electron chi connectivity index (χ0n) is 26.9. The number of nitrogens with zero attached hydrogens (tertiary/aromatic N) is 1. The van der Waals surface area contributed by atoms with Crippen LogP contribution in [0.4, 0.5) is 0 Å². The standard InChI is InChI=1S/C38H42N2O8/c1-40(23-34(43)31-6-3-7-32(42)19-31)22-33-20-35(28-10-8-25(24-41)9-11-28)48-38(47-33)29-14-12-27(13-15-29)30-5-2-4-26(18-30)21-39-36(44)16-17-37(45)46/h2-15,18-19,33-35,38,41-43H,16-17,20-24H2,1H3,(H,39,44)(H,45,46)/t33-,34-,35+,38+/m1/s1. The normalized spacial score (nSPS) is 18.4. The molecule has 0 aliphatic carbocycles. The quantitative estimate of drug-likeness (QED) is 0.123. The van der Waals surface area contributed by atoms with E-state index in [9.17, 15) is 24.9 Å². The molecular weight excluding hydrogens is 612 g/mol. The van der Waals surface area contributed by atoms with Crippen LogP contribution in [0.3, 0.4) is 0 Å². The molecular formula is C38H42N2O8. The van der Waals surface area contributed by atoms with Gasteiger partial charge in [-0.2, -0.15) is 0 Å². The lowest BCUT2D eigenvalue weighted by Crippen LogP contribution is -2.39. The summed E-state index contributed by atoms with van der Waals surface area (Å²) in [7, 11) is 1.93. The van der Waals surface area contributed by atoms with E-state index in [0.29, 0.717) is 31.6 Å². The Morgan fingerprint density at radius 3 is 2.31 bits per heavy atom. The van der Waals surface area contributed by atoms with Crippen LogP contribution in [0.25, 0.3) is 11.1 Å². The molecule has 0 saturated carbocycles. The number of carbonyl (C=O) groups is 2. The fraction of sp³-hybridized carbons (Fsp3) is 0.316. The third kappa shape index (κ3) is 9.72. The largest absolute Gasteiger partial charge is 0.508 e. The van der Waals surface area contributed by atoms with Crippen LogP contribution < -0.4 is 5.32 Å². The average Bonchev–Trinajstić information content (AvgIpc) is 3.10. The van der Waals surface area contributed by atoms with E-state index in [2.05, 4.69) is 5.32 Å². The minimum atomic E-state index is -1.00. The summed E-state index contributed by atoms with van der Waals surface area (Å²) in [5, 5.41) is 41.7. The van der Waals surface area contributed by atoms with Crippen molar-refractivity contribution in [1.29, 1.82) is 0 Å². The van der Waals surface area contributed by atoms with Gasteiger partial charge in [-0.15, -0.1) is 0 Å². The Morgan fingerprint density at radius 2 is 1.60 bits per heavy atom. The van der Waals surface area contributed by atoms with Crippen molar-refractivity contribution in [3.63, 3.8) is 0 Å². The smallest absolute Gasteiger partial charge is 0.303 e. The second kappa shape index (κ2) is 16.5. The maximum absolute atomic E-state index is 12.0. The van der Waals surface area contributed by atoms with Crippen molar-refractivity contribution in [1.82, 2.24) is 10.2 Å². The molecule has 0 aromatic heterocycles. The number of aliphatic hydroxyl groups is 2. The Kier molecular flexibility index (Phi) is 11.9. The first-order valence-electron chi connectivity index (χ1n) is 16.0. The van der Waals surface area contributed by atoms with Gasteiger partial charge < -0.3 is 40.1 Å². The molecule has 5 rings (SSSR count). The molecule has 10 nitrogen and oxygen atoms in total. The molecule has 48 heavy (non-hydrogen) atoms. The van der Waals surface area contributed by atoms with Crippen molar-refractivity contribution in [2.24, 2.45) is 0 Å². The number of likely N-dealkylation sites (N-methyl/N-ethyl adjacent to an activating group) is 1. The molecule has 4 atom stereocenters. The number of carbonyl (C=O) groups excluding carboxylic acids is 1. The predicted molar refractivity (Wildman–Crippen MR) is 180 cm³/mol. The molecule has 5 N–H and O–H groups in total. The molecule has 0 unspecified atom stereocenters. The maximum Gasteiger partial charge on any atom is 0.303 e. The number of rotatable bonds is 14. The number of carboxylic acids is 1. The third-order valence-corrected chi connectivity index (χ3v) is 8.37. The fourth-order valence-corrected chi connectivity index (χ4v) is 5.79. The van der Waals surface area contributed by atoms with E-state index in [1.165, 1.54) is 0 Å². The molecule has 1 aliphatic heterocycles. The first-order chi connectivity index (χ1) is 23.2. The number of aliphatic hydroxyl groups excluding tert-OH is 2. The first kappa shape index (κ1) is 34.7. The summed E-state index contributed by atoms with van der Waals surface area (Å²) in [5.41, 5.74) is 6.13. The molecule has 1 fully saturated rings. The molecule has 1 heterocycles. The van der Waals surface area contributed by atoms with Crippen LogP contribution in [0.2, 0.25) is 0 Å². The number of hydrogen-bond donors (Lipinski definition) is 5. The zero-order chi connectivity index (χ0) is 34.0. The van der Waals surface area contributed by atoms with E-state index in [0.717, 1.165) is 33.4 Å². The molecule has 1 saturated heterocycles. The number of nitrogens with one attached hydrogen (secondary N) is 1. The van der Waals surface area contributed by atoms with Crippen molar-refractivity contribution in [2.75, 3.05) is 20.1 Å². The lowest BCUT2D eigenvalue weighted by Gasteiger charge is -2.38. The van der Waals surface area contributed by atoms with Crippen LogP contribution in [-0.2, 0) is 32.2 Å². The summed E-state index contributed by atoms with van der Waals surface area (Å²) >= 11 is 0. The Labute approximate surface area is 280 Å². The van der Waals surface area contributed by atoms with Gasteiger partial charge in [0, 0.05) is 38.0 Å². The summed E-state index contributed by atoms with van der Waals surface area (Å²) in [6.07, 6.45) is -1.56. The Bertz CT molecular complexity index is 1660. The van der Waals surface area contributed by atoms with E-state index in [4.69, 9.17) is 14.6 Å². The van der Waals surface area contributed by atoms with Crippen LogP contribution >= 0.6 is 0 Å². The van der Waals surface area contributed by atoms with E-state index in [-0.39, 0.29) is 43.3 Å². The minimum Gasteiger partial charge on any atom is -0.508 e. The summed E-state index contributed by atoms with van der Waals surface area (Å²) in [4.78, 5) is 24.7. The molecule has 1 amide bonds. The monoisotopic (exact) mass is 654 g/mol. The van der Waals surface area contributed by atoms with Crippen LogP contribution in [0, 0.1) is 0 Å². The molecule has 0 bridgehead atoms. The van der Waals surface area contributed by atoms with Crippen molar-refractivity contribution in [2.45, 2.75) is 57.0 Å². The maximum atomic E-state index is 12.0. The molecule has 10 heteroatoms. The fourth-order valence-electron chi connectivity index (χ4n) is 5.79. The zero-order valence-corrected chi connectivity index (χ0v) is 26.9. The number of phenolic OH excluding ortho intramolecular Hbond substituents is 1. The highest BCUT2D eigenvalue weighted by Gasteiger charge is 2.33. The third-order valence-electron chi connectivity index (χ3n) is 8.37. The van der Waals surface area contributed by atoms with Crippen LogP contribution in [0.1, 0.15) is 65.6 Å². The molecule has 0 radical (unpaired) electrons. The molecule has 4 aromatic carbocycles. The van der Waals surface area contributed by atoms with Gasteiger partial charge >= 0.3 is 5.97 Å². The number of ether oxygens (including phenoxy) is 2. The van der Waals surface area contributed by atoms with Gasteiger partial charge in [0.1, 0.15) is 5.75 Å². The van der Waals surface area contributed by atoms with Gasteiger partial charge in [0.25, 0.3) is 0 Å². The Morgan fingerprint density at radius 1 is 0.875 bits per heavy atom. The molecule has 4 aromatic rings. The van der Waals surface area contributed by atoms with Gasteiger partial charge in [-0.3, -0.25) is 9.59 Å². The highest BCUT2D eigenvalue weighted by Crippen LogP contribution is 2.38. The second-order valence-electron chi connectivity index (χ2n) is 12.2. The topological polar surface area (TPSA) is 149 Å². The van der Waals surface area contributed by atoms with Crippen molar-refractivity contribution >= 4 is 11.9 Å².